The number of piperazine rings is 1. The maximum absolute atomic E-state index is 12.1. The van der Waals surface area contributed by atoms with Gasteiger partial charge in [-0.3, -0.25) is 4.90 Å². The molecule has 1 saturated heterocycles. The van der Waals surface area contributed by atoms with Crippen molar-refractivity contribution in [2.75, 3.05) is 64.8 Å². The van der Waals surface area contributed by atoms with Crippen LogP contribution in [0.2, 0.25) is 0 Å². The standard InChI is InChI=1S/C19H33N5O/c1-5-24(17-8-6-7-16(2)13-17)10-9-20-19(25)21-14-18-15-22(3)11-12-23(18)4/h6-8,13,18H,5,9-12,14-15H2,1-4H3,(H2,20,21,25). The zero-order valence-electron chi connectivity index (χ0n) is 16.1. The summed E-state index contributed by atoms with van der Waals surface area (Å²) in [5.74, 6) is 0. The summed E-state index contributed by atoms with van der Waals surface area (Å²) >= 11 is 0. The highest BCUT2D eigenvalue weighted by molar-refractivity contribution is 5.73. The maximum Gasteiger partial charge on any atom is 0.314 e. The fraction of sp³-hybridized carbons (Fsp3) is 0.632. The molecule has 1 aliphatic heterocycles. The first-order valence-electron chi connectivity index (χ1n) is 9.21. The molecule has 0 spiro atoms. The number of aryl methyl sites for hydroxylation is 1. The van der Waals surface area contributed by atoms with Gasteiger partial charge >= 0.3 is 6.03 Å². The molecular formula is C19H33N5O. The predicted molar refractivity (Wildman–Crippen MR) is 104 cm³/mol. The Labute approximate surface area is 152 Å². The minimum absolute atomic E-state index is 0.0816. The predicted octanol–water partition coefficient (Wildman–Crippen LogP) is 1.37. The third-order valence-electron chi connectivity index (χ3n) is 4.89. The molecule has 25 heavy (non-hydrogen) atoms. The lowest BCUT2D eigenvalue weighted by molar-refractivity contribution is 0.114. The second kappa shape index (κ2) is 9.63. The molecule has 1 heterocycles. The fourth-order valence-electron chi connectivity index (χ4n) is 3.19. The van der Waals surface area contributed by atoms with Crippen molar-refractivity contribution in [3.63, 3.8) is 0 Å². The van der Waals surface area contributed by atoms with Crippen molar-refractivity contribution in [1.82, 2.24) is 20.4 Å². The van der Waals surface area contributed by atoms with Gasteiger partial charge in [0.05, 0.1) is 0 Å². The minimum Gasteiger partial charge on any atom is -0.370 e. The highest BCUT2D eigenvalue weighted by atomic mass is 16.2. The van der Waals surface area contributed by atoms with Crippen molar-refractivity contribution in [1.29, 1.82) is 0 Å². The van der Waals surface area contributed by atoms with Gasteiger partial charge in [-0.25, -0.2) is 4.79 Å². The van der Waals surface area contributed by atoms with Crippen LogP contribution < -0.4 is 15.5 Å². The zero-order valence-corrected chi connectivity index (χ0v) is 16.1. The zero-order chi connectivity index (χ0) is 18.2. The first kappa shape index (κ1) is 19.5. The minimum atomic E-state index is -0.0816. The number of hydrogen-bond acceptors (Lipinski definition) is 4. The largest absolute Gasteiger partial charge is 0.370 e. The van der Waals surface area contributed by atoms with Crippen LogP contribution in [-0.4, -0.2) is 81.8 Å². The summed E-state index contributed by atoms with van der Waals surface area (Å²) in [5.41, 5.74) is 2.46. The molecule has 6 heteroatoms. The van der Waals surface area contributed by atoms with Crippen molar-refractivity contribution < 1.29 is 4.79 Å². The van der Waals surface area contributed by atoms with Crippen LogP contribution in [0.4, 0.5) is 10.5 Å². The van der Waals surface area contributed by atoms with Crippen LogP contribution in [0.3, 0.4) is 0 Å². The molecule has 2 rings (SSSR count). The molecule has 0 saturated carbocycles. The Hall–Kier alpha value is -1.79. The Bertz CT molecular complexity index is 550. The molecule has 0 radical (unpaired) electrons. The van der Waals surface area contributed by atoms with Gasteiger partial charge in [0.25, 0.3) is 0 Å². The lowest BCUT2D eigenvalue weighted by Crippen LogP contribution is -2.55. The van der Waals surface area contributed by atoms with E-state index < -0.39 is 0 Å². The Morgan fingerprint density at radius 1 is 1.28 bits per heavy atom. The highest BCUT2D eigenvalue weighted by Crippen LogP contribution is 2.14. The molecule has 1 aliphatic rings. The number of urea groups is 1. The number of hydrogen-bond donors (Lipinski definition) is 2. The van der Waals surface area contributed by atoms with Crippen molar-refractivity contribution in [3.05, 3.63) is 29.8 Å². The summed E-state index contributed by atoms with van der Waals surface area (Å²) in [7, 11) is 4.25. The van der Waals surface area contributed by atoms with E-state index in [1.54, 1.807) is 0 Å². The molecule has 1 unspecified atom stereocenters. The van der Waals surface area contributed by atoms with Crippen molar-refractivity contribution >= 4 is 11.7 Å². The van der Waals surface area contributed by atoms with E-state index >= 15 is 0 Å². The Morgan fingerprint density at radius 2 is 2.08 bits per heavy atom. The van der Waals surface area contributed by atoms with Crippen molar-refractivity contribution in [3.8, 4) is 0 Å². The molecule has 1 fully saturated rings. The van der Waals surface area contributed by atoms with Crippen LogP contribution in [0, 0.1) is 6.92 Å². The van der Waals surface area contributed by atoms with Gasteiger partial charge in [0.15, 0.2) is 0 Å². The number of carbonyl (C=O) groups is 1. The molecule has 2 amide bonds. The molecular weight excluding hydrogens is 314 g/mol. The summed E-state index contributed by atoms with van der Waals surface area (Å²) < 4.78 is 0. The van der Waals surface area contributed by atoms with Gasteiger partial charge in [-0.15, -0.1) is 0 Å². The fourth-order valence-corrected chi connectivity index (χ4v) is 3.19. The molecule has 0 bridgehead atoms. The number of amides is 2. The summed E-state index contributed by atoms with van der Waals surface area (Å²) in [6, 6.07) is 8.77. The quantitative estimate of drug-likeness (QED) is 0.782. The highest BCUT2D eigenvalue weighted by Gasteiger charge is 2.22. The van der Waals surface area contributed by atoms with Crippen LogP contribution in [0.1, 0.15) is 12.5 Å². The third kappa shape index (κ3) is 6.21. The summed E-state index contributed by atoms with van der Waals surface area (Å²) in [6.07, 6.45) is 0. The van der Waals surface area contributed by atoms with E-state index in [1.807, 2.05) is 0 Å². The number of nitrogens with zero attached hydrogens (tertiary/aromatic N) is 3. The van der Waals surface area contributed by atoms with E-state index in [2.05, 4.69) is 77.5 Å². The average Bonchev–Trinajstić information content (AvgIpc) is 2.59. The van der Waals surface area contributed by atoms with E-state index in [4.69, 9.17) is 0 Å². The SMILES string of the molecule is CCN(CCNC(=O)NCC1CN(C)CCN1C)c1cccc(C)c1. The first-order valence-corrected chi connectivity index (χ1v) is 9.21. The number of likely N-dealkylation sites (N-methyl/N-ethyl adjacent to an activating group) is 3. The van der Waals surface area contributed by atoms with Gasteiger partial charge in [0.1, 0.15) is 0 Å². The van der Waals surface area contributed by atoms with Gasteiger partial charge in [-0.05, 0) is 45.6 Å². The summed E-state index contributed by atoms with van der Waals surface area (Å²) in [4.78, 5) is 19.0. The van der Waals surface area contributed by atoms with Crippen LogP contribution in [0.15, 0.2) is 24.3 Å². The average molecular weight is 348 g/mol. The smallest absolute Gasteiger partial charge is 0.314 e. The monoisotopic (exact) mass is 347 g/mol. The number of anilines is 1. The molecule has 2 N–H and O–H groups in total. The summed E-state index contributed by atoms with van der Waals surface area (Å²) in [6.45, 7) is 10.4. The van der Waals surface area contributed by atoms with E-state index in [0.717, 1.165) is 32.7 Å². The van der Waals surface area contributed by atoms with Crippen LogP contribution >= 0.6 is 0 Å². The topological polar surface area (TPSA) is 50.9 Å². The van der Waals surface area contributed by atoms with E-state index in [0.29, 0.717) is 19.1 Å². The van der Waals surface area contributed by atoms with Gasteiger partial charge in [-0.2, -0.15) is 0 Å². The maximum atomic E-state index is 12.1. The first-order chi connectivity index (χ1) is 12.0. The van der Waals surface area contributed by atoms with Gasteiger partial charge in [0, 0.05) is 57.5 Å². The van der Waals surface area contributed by atoms with Crippen LogP contribution in [-0.2, 0) is 0 Å². The summed E-state index contributed by atoms with van der Waals surface area (Å²) in [5, 5.41) is 5.98. The van der Waals surface area contributed by atoms with E-state index in [-0.39, 0.29) is 6.03 Å². The van der Waals surface area contributed by atoms with Crippen LogP contribution in [0.5, 0.6) is 0 Å². The van der Waals surface area contributed by atoms with Crippen LogP contribution in [0.25, 0.3) is 0 Å². The molecule has 6 nitrogen and oxygen atoms in total. The number of carbonyl (C=O) groups excluding carboxylic acids is 1. The molecule has 0 aliphatic carbocycles. The van der Waals surface area contributed by atoms with E-state index in [1.165, 1.54) is 11.3 Å². The normalized spacial score (nSPS) is 18.8. The van der Waals surface area contributed by atoms with Gasteiger partial charge < -0.3 is 20.4 Å². The third-order valence-corrected chi connectivity index (χ3v) is 4.89. The second-order valence-electron chi connectivity index (χ2n) is 6.95. The van der Waals surface area contributed by atoms with Crippen molar-refractivity contribution in [2.45, 2.75) is 19.9 Å². The van der Waals surface area contributed by atoms with E-state index in [9.17, 15) is 4.79 Å². The molecule has 140 valence electrons. The van der Waals surface area contributed by atoms with Crippen molar-refractivity contribution in [2.24, 2.45) is 0 Å². The number of benzene rings is 1. The molecule has 1 aromatic carbocycles. The van der Waals surface area contributed by atoms with Gasteiger partial charge in [-0.1, -0.05) is 12.1 Å². The van der Waals surface area contributed by atoms with Gasteiger partial charge in [0.2, 0.25) is 0 Å². The Balaban J connectivity index is 1.70. The molecule has 1 atom stereocenters. The number of nitrogens with one attached hydrogen (secondary N) is 2. The Kier molecular flexibility index (Phi) is 7.52. The lowest BCUT2D eigenvalue weighted by atomic mass is 10.2. The second-order valence-corrected chi connectivity index (χ2v) is 6.95. The lowest BCUT2D eigenvalue weighted by Gasteiger charge is -2.37. The number of rotatable bonds is 7. The molecule has 1 aromatic rings. The Morgan fingerprint density at radius 3 is 2.80 bits per heavy atom. The molecule has 0 aromatic heterocycles.